The lowest BCUT2D eigenvalue weighted by molar-refractivity contribution is 0.599. The first kappa shape index (κ1) is 18.6. The number of nitrogens with zero attached hydrogens (tertiary/aromatic N) is 3. The summed E-state index contributed by atoms with van der Waals surface area (Å²) >= 11 is 0. The molecule has 1 N–H and O–H groups in total. The van der Waals surface area contributed by atoms with Gasteiger partial charge in [-0.15, -0.1) is 0 Å². The zero-order valence-electron chi connectivity index (χ0n) is 15.8. The summed E-state index contributed by atoms with van der Waals surface area (Å²) in [5, 5.41) is 3.38. The van der Waals surface area contributed by atoms with Gasteiger partial charge < -0.3 is 10.2 Å². The molecule has 3 rings (SSSR count). The van der Waals surface area contributed by atoms with E-state index in [4.69, 9.17) is 0 Å². The second-order valence-corrected chi connectivity index (χ2v) is 9.10. The summed E-state index contributed by atoms with van der Waals surface area (Å²) < 4.78 is 23.7. The third kappa shape index (κ3) is 3.98. The number of sulfone groups is 1. The predicted molar refractivity (Wildman–Crippen MR) is 106 cm³/mol. The van der Waals surface area contributed by atoms with E-state index in [9.17, 15) is 8.42 Å². The van der Waals surface area contributed by atoms with Crippen molar-refractivity contribution in [2.45, 2.75) is 40.2 Å². The van der Waals surface area contributed by atoms with Crippen LogP contribution in [0.5, 0.6) is 0 Å². The molecule has 0 saturated carbocycles. The number of aryl methyl sites for hydroxylation is 2. The molecule has 1 aliphatic rings. The van der Waals surface area contributed by atoms with Crippen LogP contribution in [0.15, 0.2) is 24.3 Å². The summed E-state index contributed by atoms with van der Waals surface area (Å²) in [4.78, 5) is 11.1. The van der Waals surface area contributed by atoms with Crippen LogP contribution in [0.25, 0.3) is 0 Å². The first-order valence-corrected chi connectivity index (χ1v) is 10.8. The molecule has 2 aromatic rings. The summed E-state index contributed by atoms with van der Waals surface area (Å²) in [5.41, 5.74) is 3.41. The lowest BCUT2D eigenvalue weighted by atomic mass is 10.1. The third-order valence-corrected chi connectivity index (χ3v) is 6.73. The van der Waals surface area contributed by atoms with Crippen molar-refractivity contribution in [2.24, 2.45) is 0 Å². The van der Waals surface area contributed by atoms with E-state index in [1.807, 2.05) is 32.0 Å². The highest BCUT2D eigenvalue weighted by Crippen LogP contribution is 2.27. The van der Waals surface area contributed by atoms with Gasteiger partial charge in [0.15, 0.2) is 9.84 Å². The van der Waals surface area contributed by atoms with Crippen molar-refractivity contribution in [3.63, 3.8) is 0 Å². The summed E-state index contributed by atoms with van der Waals surface area (Å²) in [6.45, 7) is 8.75. The molecule has 0 bridgehead atoms. The Hall–Kier alpha value is -2.15. The van der Waals surface area contributed by atoms with Gasteiger partial charge in [0, 0.05) is 24.3 Å². The van der Waals surface area contributed by atoms with Crippen molar-refractivity contribution in [2.75, 3.05) is 28.3 Å². The molecule has 0 amide bonds. The number of benzene rings is 1. The maximum absolute atomic E-state index is 11.9. The van der Waals surface area contributed by atoms with Crippen molar-refractivity contribution in [3.8, 4) is 0 Å². The molecule has 2 heterocycles. The Morgan fingerprint density at radius 1 is 1.23 bits per heavy atom. The Morgan fingerprint density at radius 2 is 2.00 bits per heavy atom. The van der Waals surface area contributed by atoms with Crippen molar-refractivity contribution in [1.29, 1.82) is 0 Å². The second-order valence-electron chi connectivity index (χ2n) is 6.87. The number of nitrogens with one attached hydrogen (secondary N) is 1. The average Bonchev–Trinajstić information content (AvgIpc) is 2.92. The van der Waals surface area contributed by atoms with Gasteiger partial charge in [0.25, 0.3) is 0 Å². The van der Waals surface area contributed by atoms with Crippen molar-refractivity contribution >= 4 is 27.2 Å². The smallest absolute Gasteiger partial charge is 0.152 e. The van der Waals surface area contributed by atoms with Gasteiger partial charge in [-0.1, -0.05) is 12.1 Å². The van der Waals surface area contributed by atoms with Gasteiger partial charge in [-0.25, -0.2) is 18.4 Å². The maximum atomic E-state index is 11.9. The predicted octanol–water partition coefficient (Wildman–Crippen LogP) is 3.16. The van der Waals surface area contributed by atoms with Crippen LogP contribution >= 0.6 is 0 Å². The Morgan fingerprint density at radius 3 is 2.65 bits per heavy atom. The molecule has 1 atom stereocenters. The molecular formula is C19H26N4O2S. The molecule has 1 aromatic carbocycles. The van der Waals surface area contributed by atoms with Gasteiger partial charge in [0.05, 0.1) is 11.5 Å². The minimum absolute atomic E-state index is 0.0205. The molecular weight excluding hydrogens is 348 g/mol. The topological polar surface area (TPSA) is 75.2 Å². The SMILES string of the molecule is CCN(c1cc(Nc2cccc(C)c2C)nc(C)n1)C1CCS(=O)(=O)C1. The number of hydrogen-bond donors (Lipinski definition) is 1. The van der Waals surface area contributed by atoms with Crippen LogP contribution in [-0.4, -0.2) is 42.5 Å². The Labute approximate surface area is 155 Å². The van der Waals surface area contributed by atoms with E-state index in [2.05, 4.69) is 40.1 Å². The quantitative estimate of drug-likeness (QED) is 0.866. The van der Waals surface area contributed by atoms with E-state index < -0.39 is 9.84 Å². The van der Waals surface area contributed by atoms with Gasteiger partial charge in [-0.3, -0.25) is 0 Å². The lowest BCUT2D eigenvalue weighted by Crippen LogP contribution is -2.37. The van der Waals surface area contributed by atoms with Crippen LogP contribution in [0.4, 0.5) is 17.3 Å². The van der Waals surface area contributed by atoms with Gasteiger partial charge in [0.1, 0.15) is 17.5 Å². The first-order chi connectivity index (χ1) is 12.3. The standard InChI is InChI=1S/C19H26N4O2S/c1-5-23(16-9-10-26(24,25)12-16)19-11-18(20-15(4)21-19)22-17-8-6-7-13(2)14(17)3/h6-8,11,16H,5,9-10,12H2,1-4H3,(H,20,21,22). The van der Waals surface area contributed by atoms with Crippen molar-refractivity contribution in [1.82, 2.24) is 9.97 Å². The largest absolute Gasteiger partial charge is 0.353 e. The van der Waals surface area contributed by atoms with Gasteiger partial charge in [0.2, 0.25) is 0 Å². The van der Waals surface area contributed by atoms with Gasteiger partial charge in [-0.05, 0) is 51.3 Å². The van der Waals surface area contributed by atoms with E-state index in [0.29, 0.717) is 18.8 Å². The van der Waals surface area contributed by atoms with Gasteiger partial charge >= 0.3 is 0 Å². The normalized spacial score (nSPS) is 18.7. The molecule has 0 radical (unpaired) electrons. The Bertz CT molecular complexity index is 912. The monoisotopic (exact) mass is 374 g/mol. The van der Waals surface area contributed by atoms with E-state index in [1.165, 1.54) is 11.1 Å². The van der Waals surface area contributed by atoms with Crippen LogP contribution in [0.1, 0.15) is 30.3 Å². The number of rotatable bonds is 5. The summed E-state index contributed by atoms with van der Waals surface area (Å²) in [6, 6.07) is 8.01. The third-order valence-electron chi connectivity index (χ3n) is 4.98. The van der Waals surface area contributed by atoms with Crippen LogP contribution in [0, 0.1) is 20.8 Å². The number of aromatic nitrogens is 2. The van der Waals surface area contributed by atoms with E-state index in [-0.39, 0.29) is 17.5 Å². The Kier molecular flexibility index (Phi) is 5.18. The molecule has 0 spiro atoms. The molecule has 1 aliphatic heterocycles. The first-order valence-electron chi connectivity index (χ1n) is 8.95. The van der Waals surface area contributed by atoms with Crippen LogP contribution < -0.4 is 10.2 Å². The molecule has 140 valence electrons. The maximum Gasteiger partial charge on any atom is 0.152 e. The van der Waals surface area contributed by atoms with Crippen LogP contribution in [0.2, 0.25) is 0 Å². The minimum Gasteiger partial charge on any atom is -0.353 e. The molecule has 7 heteroatoms. The summed E-state index contributed by atoms with van der Waals surface area (Å²) in [7, 11) is -2.94. The van der Waals surface area contributed by atoms with E-state index in [0.717, 1.165) is 17.3 Å². The van der Waals surface area contributed by atoms with Crippen molar-refractivity contribution < 1.29 is 8.42 Å². The molecule has 26 heavy (non-hydrogen) atoms. The second kappa shape index (κ2) is 7.23. The molecule has 0 aliphatic carbocycles. The highest BCUT2D eigenvalue weighted by atomic mass is 32.2. The van der Waals surface area contributed by atoms with Gasteiger partial charge in [-0.2, -0.15) is 0 Å². The average molecular weight is 375 g/mol. The fourth-order valence-electron chi connectivity index (χ4n) is 3.42. The zero-order chi connectivity index (χ0) is 18.9. The van der Waals surface area contributed by atoms with Crippen LogP contribution in [0.3, 0.4) is 0 Å². The minimum atomic E-state index is -2.94. The molecule has 6 nitrogen and oxygen atoms in total. The molecule has 1 aromatic heterocycles. The molecule has 1 saturated heterocycles. The zero-order valence-corrected chi connectivity index (χ0v) is 16.6. The van der Waals surface area contributed by atoms with E-state index in [1.54, 1.807) is 0 Å². The number of anilines is 3. The number of hydrogen-bond acceptors (Lipinski definition) is 6. The van der Waals surface area contributed by atoms with Crippen molar-refractivity contribution in [3.05, 3.63) is 41.2 Å². The summed E-state index contributed by atoms with van der Waals surface area (Å²) in [5.74, 6) is 2.61. The lowest BCUT2D eigenvalue weighted by Gasteiger charge is -2.28. The highest BCUT2D eigenvalue weighted by Gasteiger charge is 2.32. The molecule has 1 fully saturated rings. The Balaban J connectivity index is 1.90. The molecule has 1 unspecified atom stereocenters. The fourth-order valence-corrected chi connectivity index (χ4v) is 5.15. The fraction of sp³-hybridized carbons (Fsp3) is 0.474. The van der Waals surface area contributed by atoms with E-state index >= 15 is 0 Å². The summed E-state index contributed by atoms with van der Waals surface area (Å²) in [6.07, 6.45) is 0.652. The van der Waals surface area contributed by atoms with Crippen LogP contribution in [-0.2, 0) is 9.84 Å². The highest BCUT2D eigenvalue weighted by molar-refractivity contribution is 7.91.